The molecule has 2 atom stereocenters. The van der Waals surface area contributed by atoms with Gasteiger partial charge in [-0.3, -0.25) is 0 Å². The van der Waals surface area contributed by atoms with E-state index in [0.29, 0.717) is 13.2 Å². The van der Waals surface area contributed by atoms with Crippen molar-refractivity contribution < 1.29 is 9.84 Å². The van der Waals surface area contributed by atoms with Crippen LogP contribution in [0.4, 0.5) is 0 Å². The highest BCUT2D eigenvalue weighted by Crippen LogP contribution is 2.26. The van der Waals surface area contributed by atoms with E-state index in [1.807, 2.05) is 48.5 Å². The zero-order chi connectivity index (χ0) is 18.1. The largest absolute Gasteiger partial charge is 0.388 e. The summed E-state index contributed by atoms with van der Waals surface area (Å²) >= 11 is 0. The lowest BCUT2D eigenvalue weighted by molar-refractivity contribution is 0.0754. The summed E-state index contributed by atoms with van der Waals surface area (Å²) in [5, 5.41) is 10.8. The van der Waals surface area contributed by atoms with Gasteiger partial charge in [0.1, 0.15) is 0 Å². The molecule has 2 aromatic carbocycles. The molecule has 0 saturated heterocycles. The molecule has 2 rings (SSSR count). The van der Waals surface area contributed by atoms with Gasteiger partial charge in [0.15, 0.2) is 0 Å². The number of rotatable bonds is 9. The van der Waals surface area contributed by atoms with Crippen molar-refractivity contribution in [3.63, 3.8) is 0 Å². The monoisotopic (exact) mass is 354 g/mol. The number of benzene rings is 2. The van der Waals surface area contributed by atoms with Crippen molar-refractivity contribution in [1.29, 1.82) is 0 Å². The number of aliphatic hydroxyl groups is 1. The van der Waals surface area contributed by atoms with E-state index >= 15 is 0 Å². The molecule has 2 aromatic rings. The van der Waals surface area contributed by atoms with Gasteiger partial charge in [-0.15, -0.1) is 0 Å². The van der Waals surface area contributed by atoms with E-state index < -0.39 is 14.2 Å². The molecule has 0 aliphatic carbocycles. The maximum Gasteiger partial charge on any atom is 0.0853 e. The minimum Gasteiger partial charge on any atom is -0.388 e. The zero-order valence-electron chi connectivity index (χ0n) is 15.6. The summed E-state index contributed by atoms with van der Waals surface area (Å²) in [6.45, 7) is 8.18. The first-order valence-electron chi connectivity index (χ1n) is 9.00. The molecule has 0 aliphatic rings. The molecule has 0 radical (unpaired) electrons. The summed E-state index contributed by atoms with van der Waals surface area (Å²) in [4.78, 5) is 0. The van der Waals surface area contributed by atoms with Crippen LogP contribution in [0.5, 0.6) is 0 Å². The number of hydrogen-bond donors (Lipinski definition) is 1. The van der Waals surface area contributed by atoms with E-state index in [1.165, 1.54) is 5.56 Å². The molecular weight excluding hydrogens is 324 g/mol. The standard InChI is InChI=1S/C22H30O2Si/c1-25(2,3)17-15-21(22(23)20-12-8-5-9-13-20)14-16-24-18-19-10-6-4-7-11-19/h4-13,15,17,21-23H,14,16,18H2,1-3H3/b17-15+/t21-,22+/m0/s1. The predicted octanol–water partition coefficient (Wildman–Crippen LogP) is 5.38. The maximum atomic E-state index is 10.8. The Morgan fingerprint density at radius 1 is 0.960 bits per heavy atom. The van der Waals surface area contributed by atoms with Crippen LogP contribution in [0.2, 0.25) is 19.6 Å². The molecule has 3 heteroatoms. The molecule has 0 bridgehead atoms. The Kier molecular flexibility index (Phi) is 7.63. The lowest BCUT2D eigenvalue weighted by Gasteiger charge is -2.22. The highest BCUT2D eigenvalue weighted by atomic mass is 28.3. The highest BCUT2D eigenvalue weighted by Gasteiger charge is 2.19. The van der Waals surface area contributed by atoms with E-state index in [2.05, 4.69) is 43.5 Å². The normalized spacial score (nSPS) is 14.6. The van der Waals surface area contributed by atoms with Crippen LogP contribution >= 0.6 is 0 Å². The van der Waals surface area contributed by atoms with Gasteiger partial charge < -0.3 is 9.84 Å². The highest BCUT2D eigenvalue weighted by molar-refractivity contribution is 6.80. The predicted molar refractivity (Wildman–Crippen MR) is 108 cm³/mol. The second kappa shape index (κ2) is 9.71. The van der Waals surface area contributed by atoms with Crippen LogP contribution in [0.25, 0.3) is 0 Å². The van der Waals surface area contributed by atoms with Crippen LogP contribution in [0.15, 0.2) is 72.4 Å². The summed E-state index contributed by atoms with van der Waals surface area (Å²) in [7, 11) is -1.30. The van der Waals surface area contributed by atoms with Crippen LogP contribution < -0.4 is 0 Å². The molecule has 0 amide bonds. The van der Waals surface area contributed by atoms with E-state index in [4.69, 9.17) is 4.74 Å². The Morgan fingerprint density at radius 3 is 2.16 bits per heavy atom. The Balaban J connectivity index is 1.95. The van der Waals surface area contributed by atoms with Crippen molar-refractivity contribution in [3.8, 4) is 0 Å². The fraction of sp³-hybridized carbons (Fsp3) is 0.364. The minimum atomic E-state index is -1.30. The summed E-state index contributed by atoms with van der Waals surface area (Å²) in [6.07, 6.45) is 2.52. The van der Waals surface area contributed by atoms with Gasteiger partial charge in [0.25, 0.3) is 0 Å². The van der Waals surface area contributed by atoms with Gasteiger partial charge in [-0.25, -0.2) is 0 Å². The molecule has 0 saturated carbocycles. The SMILES string of the molecule is C[Si](C)(C)/C=C/[C@H](CCOCc1ccccc1)[C@H](O)c1ccccc1. The fourth-order valence-corrected chi connectivity index (χ4v) is 3.48. The third kappa shape index (κ3) is 7.39. The Labute approximate surface area is 153 Å². The van der Waals surface area contributed by atoms with Crippen molar-refractivity contribution in [2.24, 2.45) is 5.92 Å². The topological polar surface area (TPSA) is 29.5 Å². The Morgan fingerprint density at radius 2 is 1.56 bits per heavy atom. The van der Waals surface area contributed by atoms with Gasteiger partial charge in [-0.2, -0.15) is 0 Å². The molecule has 0 spiro atoms. The van der Waals surface area contributed by atoms with Crippen LogP contribution in [0.3, 0.4) is 0 Å². The molecule has 0 aromatic heterocycles. The molecular formula is C22H30O2Si. The third-order valence-electron chi connectivity index (χ3n) is 4.10. The first-order chi connectivity index (χ1) is 12.0. The number of hydrogen-bond acceptors (Lipinski definition) is 2. The molecule has 25 heavy (non-hydrogen) atoms. The van der Waals surface area contributed by atoms with Crippen LogP contribution in [0, 0.1) is 5.92 Å². The molecule has 2 nitrogen and oxygen atoms in total. The second-order valence-electron chi connectivity index (χ2n) is 7.57. The lowest BCUT2D eigenvalue weighted by Crippen LogP contribution is -2.19. The number of ether oxygens (including phenoxy) is 1. The molecule has 0 heterocycles. The third-order valence-corrected chi connectivity index (χ3v) is 5.29. The Bertz CT molecular complexity index is 632. The summed E-state index contributed by atoms with van der Waals surface area (Å²) in [5.74, 6) is 0.0740. The van der Waals surface area contributed by atoms with Crippen LogP contribution in [0.1, 0.15) is 23.7 Å². The summed E-state index contributed by atoms with van der Waals surface area (Å²) in [5.41, 5.74) is 4.47. The fourth-order valence-electron chi connectivity index (χ4n) is 2.65. The average Bonchev–Trinajstić information content (AvgIpc) is 2.61. The van der Waals surface area contributed by atoms with Gasteiger partial charge in [-0.05, 0) is 17.5 Å². The Hall–Kier alpha value is -1.68. The molecule has 0 unspecified atom stereocenters. The molecule has 1 N–H and O–H groups in total. The van der Waals surface area contributed by atoms with Gasteiger partial charge in [0.2, 0.25) is 0 Å². The quantitative estimate of drug-likeness (QED) is 0.484. The van der Waals surface area contributed by atoms with Crippen LogP contribution in [-0.2, 0) is 11.3 Å². The number of aliphatic hydroxyl groups excluding tert-OH is 1. The van der Waals surface area contributed by atoms with Gasteiger partial charge in [-0.1, -0.05) is 92.1 Å². The molecule has 134 valence electrons. The van der Waals surface area contributed by atoms with Crippen molar-refractivity contribution in [2.75, 3.05) is 6.61 Å². The van der Waals surface area contributed by atoms with E-state index in [-0.39, 0.29) is 5.92 Å². The zero-order valence-corrected chi connectivity index (χ0v) is 16.6. The summed E-state index contributed by atoms with van der Waals surface area (Å²) < 4.78 is 5.83. The smallest absolute Gasteiger partial charge is 0.0853 e. The van der Waals surface area contributed by atoms with E-state index in [0.717, 1.165) is 12.0 Å². The minimum absolute atomic E-state index is 0.0740. The van der Waals surface area contributed by atoms with Crippen molar-refractivity contribution in [2.45, 2.75) is 38.8 Å². The summed E-state index contributed by atoms with van der Waals surface area (Å²) in [6, 6.07) is 20.1. The van der Waals surface area contributed by atoms with Crippen molar-refractivity contribution in [3.05, 3.63) is 83.6 Å². The van der Waals surface area contributed by atoms with Gasteiger partial charge in [0, 0.05) is 12.5 Å². The lowest BCUT2D eigenvalue weighted by atomic mass is 9.93. The first kappa shape index (κ1) is 19.6. The maximum absolute atomic E-state index is 10.8. The molecule has 0 aliphatic heterocycles. The molecule has 0 fully saturated rings. The van der Waals surface area contributed by atoms with Crippen molar-refractivity contribution in [1.82, 2.24) is 0 Å². The van der Waals surface area contributed by atoms with Gasteiger partial charge >= 0.3 is 0 Å². The van der Waals surface area contributed by atoms with E-state index in [9.17, 15) is 5.11 Å². The average molecular weight is 355 g/mol. The van der Waals surface area contributed by atoms with Gasteiger partial charge in [0.05, 0.1) is 20.8 Å². The van der Waals surface area contributed by atoms with E-state index in [1.54, 1.807) is 0 Å². The van der Waals surface area contributed by atoms with Crippen LogP contribution in [-0.4, -0.2) is 19.8 Å². The van der Waals surface area contributed by atoms with Crippen molar-refractivity contribution >= 4 is 8.07 Å². The first-order valence-corrected chi connectivity index (χ1v) is 12.6. The second-order valence-corrected chi connectivity index (χ2v) is 12.6.